The number of hydrogen-bond acceptors (Lipinski definition) is 7. The van der Waals surface area contributed by atoms with Crippen molar-refractivity contribution in [3.63, 3.8) is 0 Å². The van der Waals surface area contributed by atoms with Gasteiger partial charge in [0.1, 0.15) is 13.2 Å². The average molecular weight is 511 g/mol. The molecule has 0 saturated heterocycles. The van der Waals surface area contributed by atoms with Crippen LogP contribution in [0.5, 0.6) is 11.5 Å². The summed E-state index contributed by atoms with van der Waals surface area (Å²) in [5.41, 5.74) is 4.75. The van der Waals surface area contributed by atoms with E-state index in [9.17, 15) is 4.79 Å². The molecule has 4 rings (SSSR count). The molecule has 1 aromatic heterocycles. The van der Waals surface area contributed by atoms with Crippen molar-refractivity contribution in [3.05, 3.63) is 87.9 Å². The lowest BCUT2D eigenvalue weighted by molar-refractivity contribution is -0.122. The maximum atomic E-state index is 12.2. The first-order chi connectivity index (χ1) is 17.0. The van der Waals surface area contributed by atoms with Crippen LogP contribution in [0.3, 0.4) is 0 Å². The lowest BCUT2D eigenvalue weighted by atomic mass is 10.2. The summed E-state index contributed by atoms with van der Waals surface area (Å²) < 4.78 is 11.3. The fourth-order valence-corrected chi connectivity index (χ4v) is 3.50. The van der Waals surface area contributed by atoms with Crippen LogP contribution in [0.4, 0.5) is 0 Å². The second kappa shape index (κ2) is 11.5. The minimum absolute atomic E-state index is 0.124. The molecule has 11 heteroatoms. The van der Waals surface area contributed by atoms with Crippen LogP contribution < -0.4 is 14.9 Å². The second-order valence-corrected chi connectivity index (χ2v) is 8.08. The Balaban J connectivity index is 1.32. The van der Waals surface area contributed by atoms with Gasteiger partial charge in [0.25, 0.3) is 5.91 Å². The molecule has 0 fully saturated rings. The summed E-state index contributed by atoms with van der Waals surface area (Å²) in [7, 11) is 1.54. The molecule has 1 heterocycles. The maximum absolute atomic E-state index is 12.2. The highest BCUT2D eigenvalue weighted by molar-refractivity contribution is 6.35. The van der Waals surface area contributed by atoms with E-state index < -0.39 is 5.91 Å². The van der Waals surface area contributed by atoms with E-state index in [1.54, 1.807) is 36.4 Å². The number of nitrogens with one attached hydrogen (secondary N) is 1. The molecule has 0 unspecified atom stereocenters. The number of tetrazole rings is 1. The molecule has 178 valence electrons. The van der Waals surface area contributed by atoms with E-state index in [4.69, 9.17) is 32.7 Å². The summed E-state index contributed by atoms with van der Waals surface area (Å²) in [6, 6.07) is 19.8. The molecule has 1 amide bonds. The topological polar surface area (TPSA) is 104 Å². The molecular weight excluding hydrogens is 491 g/mol. The molecule has 0 radical (unpaired) electrons. The Morgan fingerprint density at radius 3 is 2.69 bits per heavy atom. The van der Waals surface area contributed by atoms with Crippen molar-refractivity contribution < 1.29 is 14.3 Å². The number of methoxy groups -OCH3 is 1. The average Bonchev–Trinajstić information content (AvgIpc) is 3.33. The summed E-state index contributed by atoms with van der Waals surface area (Å²) in [5, 5.41) is 17.1. The molecule has 9 nitrogen and oxygen atoms in total. The predicted octanol–water partition coefficient (Wildman–Crippen LogP) is 4.38. The highest BCUT2D eigenvalue weighted by Crippen LogP contribution is 2.29. The first-order valence-electron chi connectivity index (χ1n) is 10.4. The van der Waals surface area contributed by atoms with Crippen molar-refractivity contribution in [1.29, 1.82) is 0 Å². The molecule has 4 aromatic rings. The van der Waals surface area contributed by atoms with Crippen molar-refractivity contribution >= 4 is 35.3 Å². The Morgan fingerprint density at radius 2 is 1.91 bits per heavy atom. The SMILES string of the molecule is COc1cc(/C=N\NC(=O)Cn2nnc(-c3ccccc3)n2)ccc1OCc1ccc(Cl)cc1Cl. The van der Waals surface area contributed by atoms with Crippen molar-refractivity contribution in [1.82, 2.24) is 25.6 Å². The fraction of sp³-hybridized carbons (Fsp3) is 0.125. The van der Waals surface area contributed by atoms with Gasteiger partial charge in [0.2, 0.25) is 5.82 Å². The number of aromatic nitrogens is 4. The number of nitrogens with zero attached hydrogens (tertiary/aromatic N) is 5. The van der Waals surface area contributed by atoms with Gasteiger partial charge in [0, 0.05) is 21.2 Å². The second-order valence-electron chi connectivity index (χ2n) is 7.24. The molecule has 3 aromatic carbocycles. The normalized spacial score (nSPS) is 10.9. The molecule has 0 aliphatic heterocycles. The predicted molar refractivity (Wildman–Crippen MR) is 133 cm³/mol. The standard InChI is InChI=1S/C24H20Cl2N6O3/c1-34-22-11-16(7-10-21(22)35-15-18-8-9-19(25)12-20(18)26)13-27-28-23(33)14-32-30-24(29-31-32)17-5-3-2-4-6-17/h2-13H,14-15H2,1H3,(H,28,33)/b27-13-. The number of hydrazone groups is 1. The lowest BCUT2D eigenvalue weighted by Gasteiger charge is -2.12. The van der Waals surface area contributed by atoms with E-state index in [2.05, 4.69) is 25.9 Å². The van der Waals surface area contributed by atoms with Gasteiger partial charge in [-0.25, -0.2) is 5.43 Å². The van der Waals surface area contributed by atoms with Gasteiger partial charge < -0.3 is 9.47 Å². The van der Waals surface area contributed by atoms with Crippen LogP contribution in [0.25, 0.3) is 11.4 Å². The minimum atomic E-state index is -0.398. The Hall–Kier alpha value is -3.95. The first-order valence-corrected chi connectivity index (χ1v) is 11.2. The number of benzene rings is 3. The number of ether oxygens (including phenoxy) is 2. The molecule has 1 N–H and O–H groups in total. The Bertz CT molecular complexity index is 1340. The van der Waals surface area contributed by atoms with Gasteiger partial charge in [-0.1, -0.05) is 59.6 Å². The molecule has 0 atom stereocenters. The quantitative estimate of drug-likeness (QED) is 0.264. The third-order valence-corrected chi connectivity index (χ3v) is 5.35. The van der Waals surface area contributed by atoms with Crippen molar-refractivity contribution in [2.75, 3.05) is 7.11 Å². The molecule has 0 bridgehead atoms. The third-order valence-electron chi connectivity index (χ3n) is 4.76. The number of carbonyl (C=O) groups is 1. The van der Waals surface area contributed by atoms with Gasteiger partial charge in [-0.3, -0.25) is 4.79 Å². The Morgan fingerprint density at radius 1 is 1.09 bits per heavy atom. The monoisotopic (exact) mass is 510 g/mol. The summed E-state index contributed by atoms with van der Waals surface area (Å²) in [6.07, 6.45) is 1.49. The molecular formula is C24H20Cl2N6O3. The van der Waals surface area contributed by atoms with Crippen molar-refractivity contribution in [2.45, 2.75) is 13.2 Å². The number of hydrogen-bond donors (Lipinski definition) is 1. The molecule has 35 heavy (non-hydrogen) atoms. The third kappa shape index (κ3) is 6.56. The number of amides is 1. The summed E-state index contributed by atoms with van der Waals surface area (Å²) in [5.74, 6) is 1.08. The van der Waals surface area contributed by atoms with Gasteiger partial charge in [-0.2, -0.15) is 9.90 Å². The number of halogens is 2. The smallest absolute Gasteiger partial charge is 0.263 e. The van der Waals surface area contributed by atoms with Crippen LogP contribution in [-0.2, 0) is 17.9 Å². The van der Waals surface area contributed by atoms with Gasteiger partial charge in [-0.05, 0) is 41.1 Å². The number of carbonyl (C=O) groups excluding carboxylic acids is 1. The van der Waals surface area contributed by atoms with Gasteiger partial charge >= 0.3 is 0 Å². The molecule has 0 spiro atoms. The zero-order valence-corrected chi connectivity index (χ0v) is 20.1. The van der Waals surface area contributed by atoms with Crippen LogP contribution >= 0.6 is 23.2 Å². The van der Waals surface area contributed by atoms with E-state index in [0.717, 1.165) is 11.1 Å². The zero-order valence-electron chi connectivity index (χ0n) is 18.6. The summed E-state index contributed by atoms with van der Waals surface area (Å²) in [6.45, 7) is 0.124. The van der Waals surface area contributed by atoms with E-state index in [1.165, 1.54) is 18.1 Å². The van der Waals surface area contributed by atoms with Gasteiger partial charge in [0.15, 0.2) is 11.5 Å². The van der Waals surface area contributed by atoms with Crippen LogP contribution in [-0.4, -0.2) is 39.4 Å². The zero-order chi connectivity index (χ0) is 24.6. The van der Waals surface area contributed by atoms with Crippen molar-refractivity contribution in [3.8, 4) is 22.9 Å². The highest BCUT2D eigenvalue weighted by Gasteiger charge is 2.10. The Labute approximate surface area is 211 Å². The minimum Gasteiger partial charge on any atom is -0.493 e. The molecule has 0 saturated carbocycles. The van der Waals surface area contributed by atoms with E-state index in [-0.39, 0.29) is 13.2 Å². The maximum Gasteiger partial charge on any atom is 0.263 e. The lowest BCUT2D eigenvalue weighted by Crippen LogP contribution is -2.24. The van der Waals surface area contributed by atoms with Crippen LogP contribution in [0.2, 0.25) is 10.0 Å². The van der Waals surface area contributed by atoms with Crippen molar-refractivity contribution in [2.24, 2.45) is 5.10 Å². The van der Waals surface area contributed by atoms with E-state index in [1.807, 2.05) is 30.3 Å². The summed E-state index contributed by atoms with van der Waals surface area (Å²) in [4.78, 5) is 13.4. The van der Waals surface area contributed by atoms with Gasteiger partial charge in [-0.15, -0.1) is 10.2 Å². The Kier molecular flexibility index (Phi) is 7.92. The fourth-order valence-electron chi connectivity index (χ4n) is 3.03. The molecule has 0 aliphatic rings. The van der Waals surface area contributed by atoms with Gasteiger partial charge in [0.05, 0.1) is 13.3 Å². The molecule has 0 aliphatic carbocycles. The van der Waals surface area contributed by atoms with E-state index >= 15 is 0 Å². The summed E-state index contributed by atoms with van der Waals surface area (Å²) >= 11 is 12.1. The van der Waals surface area contributed by atoms with E-state index in [0.29, 0.717) is 32.9 Å². The van der Waals surface area contributed by atoms with Crippen LogP contribution in [0, 0.1) is 0 Å². The van der Waals surface area contributed by atoms with Crippen LogP contribution in [0.1, 0.15) is 11.1 Å². The number of rotatable bonds is 9. The largest absolute Gasteiger partial charge is 0.493 e. The van der Waals surface area contributed by atoms with Crippen LogP contribution in [0.15, 0.2) is 71.8 Å². The highest BCUT2D eigenvalue weighted by atomic mass is 35.5. The first kappa shape index (κ1) is 24.2.